The molecule has 0 fully saturated rings. The van der Waals surface area contributed by atoms with Crippen LogP contribution in [0.2, 0.25) is 0 Å². The van der Waals surface area contributed by atoms with E-state index in [0.717, 1.165) is 18.9 Å². The summed E-state index contributed by atoms with van der Waals surface area (Å²) in [6.45, 7) is 2.46. The van der Waals surface area contributed by atoms with Gasteiger partial charge in [0, 0.05) is 30.9 Å². The van der Waals surface area contributed by atoms with Crippen LogP contribution < -0.4 is 5.32 Å². The summed E-state index contributed by atoms with van der Waals surface area (Å²) in [7, 11) is 0. The average Bonchev–Trinajstić information content (AvgIpc) is 2.81. The van der Waals surface area contributed by atoms with Crippen LogP contribution in [-0.2, 0) is 24.3 Å². The van der Waals surface area contributed by atoms with Crippen molar-refractivity contribution in [1.82, 2.24) is 14.9 Å². The van der Waals surface area contributed by atoms with E-state index < -0.39 is 11.2 Å². The molecule has 6 heteroatoms. The zero-order valence-electron chi connectivity index (χ0n) is 10.5. The van der Waals surface area contributed by atoms with Crippen molar-refractivity contribution in [3.8, 4) is 11.3 Å². The van der Waals surface area contributed by atoms with E-state index in [-0.39, 0.29) is 5.82 Å². The second-order valence-electron chi connectivity index (χ2n) is 4.51. The molecule has 100 valence electrons. The lowest BCUT2D eigenvalue weighted by molar-refractivity contribution is 0.505. The first-order valence-corrected chi connectivity index (χ1v) is 7.61. The van der Waals surface area contributed by atoms with Crippen molar-refractivity contribution in [3.63, 3.8) is 0 Å². The fraction of sp³-hybridized carbons (Fsp3) is 0.308. The second kappa shape index (κ2) is 4.96. The summed E-state index contributed by atoms with van der Waals surface area (Å²) in [5.41, 5.74) is 1.08. The highest BCUT2D eigenvalue weighted by atomic mass is 32.2. The van der Waals surface area contributed by atoms with Crippen molar-refractivity contribution in [1.29, 1.82) is 0 Å². The topological polar surface area (TPSA) is 52.9 Å². The van der Waals surface area contributed by atoms with E-state index in [1.165, 1.54) is 12.3 Å². The molecule has 19 heavy (non-hydrogen) atoms. The number of benzene rings is 1. The Labute approximate surface area is 113 Å². The Hall–Kier alpha value is -1.37. The number of hydrogen-bond acceptors (Lipinski definition) is 3. The number of fused-ring (bicyclic) bond motifs is 1. The van der Waals surface area contributed by atoms with E-state index >= 15 is 0 Å². The van der Waals surface area contributed by atoms with Gasteiger partial charge in [0.25, 0.3) is 0 Å². The van der Waals surface area contributed by atoms with Crippen molar-refractivity contribution in [2.45, 2.75) is 18.0 Å². The molecule has 0 amide bonds. The zero-order chi connectivity index (χ0) is 13.4. The third-order valence-electron chi connectivity index (χ3n) is 3.22. The van der Waals surface area contributed by atoms with E-state index in [9.17, 15) is 8.94 Å². The minimum atomic E-state index is -1.17. The Morgan fingerprint density at radius 1 is 1.47 bits per heavy atom. The molecule has 1 aromatic carbocycles. The molecule has 1 aromatic heterocycles. The van der Waals surface area contributed by atoms with E-state index in [0.29, 0.717) is 22.7 Å². The normalized spacial score (nSPS) is 16.2. The minimum Gasteiger partial charge on any atom is -0.612 e. The van der Waals surface area contributed by atoms with Crippen LogP contribution in [0.15, 0.2) is 29.3 Å². The first-order chi connectivity index (χ1) is 9.15. The fourth-order valence-electron chi connectivity index (χ4n) is 2.20. The number of nitrogens with zero attached hydrogens (tertiary/aromatic N) is 2. The molecule has 2 aromatic rings. The number of hydrogen-bond donors (Lipinski definition) is 1. The lowest BCUT2D eigenvalue weighted by Gasteiger charge is -2.13. The second-order valence-corrected chi connectivity index (χ2v) is 5.89. The van der Waals surface area contributed by atoms with Gasteiger partial charge in [0.15, 0.2) is 4.90 Å². The number of rotatable bonds is 2. The maximum absolute atomic E-state index is 14.1. The molecule has 0 radical (unpaired) electrons. The monoisotopic (exact) mass is 279 g/mol. The van der Waals surface area contributed by atoms with Gasteiger partial charge in [-0.2, -0.15) is 0 Å². The standard InChI is InChI=1S/C13H14FN3OS/c1-19(18)9-2-3-10(11(14)6-9)12-8-17-5-4-15-7-13(17)16-12/h2-3,6,8,15H,4-5,7H2,1H3. The molecule has 2 heterocycles. The van der Waals surface area contributed by atoms with E-state index in [1.54, 1.807) is 12.1 Å². The summed E-state index contributed by atoms with van der Waals surface area (Å²) in [6.07, 6.45) is 3.41. The van der Waals surface area contributed by atoms with Crippen LogP contribution in [0.4, 0.5) is 4.39 Å². The highest BCUT2D eigenvalue weighted by Gasteiger charge is 2.16. The molecule has 1 aliphatic heterocycles. The highest BCUT2D eigenvalue weighted by molar-refractivity contribution is 7.90. The Balaban J connectivity index is 2.00. The van der Waals surface area contributed by atoms with E-state index in [4.69, 9.17) is 0 Å². The summed E-state index contributed by atoms with van der Waals surface area (Å²) < 4.78 is 27.4. The molecule has 4 nitrogen and oxygen atoms in total. The number of nitrogens with one attached hydrogen (secondary N) is 1. The molecule has 0 aliphatic carbocycles. The Kier molecular flexibility index (Phi) is 3.30. The summed E-state index contributed by atoms with van der Waals surface area (Å²) in [6, 6.07) is 4.65. The third-order valence-corrected chi connectivity index (χ3v) is 4.14. The van der Waals surface area contributed by atoms with Crippen LogP contribution in [0.3, 0.4) is 0 Å². The van der Waals surface area contributed by atoms with Crippen LogP contribution in [0, 0.1) is 5.82 Å². The predicted molar refractivity (Wildman–Crippen MR) is 71.7 cm³/mol. The van der Waals surface area contributed by atoms with Gasteiger partial charge in [-0.3, -0.25) is 0 Å². The van der Waals surface area contributed by atoms with Gasteiger partial charge in [-0.05, 0) is 23.3 Å². The molecule has 0 saturated carbocycles. The average molecular weight is 279 g/mol. The van der Waals surface area contributed by atoms with Gasteiger partial charge >= 0.3 is 0 Å². The molecule has 1 unspecified atom stereocenters. The third kappa shape index (κ3) is 2.39. The Morgan fingerprint density at radius 2 is 2.32 bits per heavy atom. The van der Waals surface area contributed by atoms with Crippen molar-refractivity contribution < 1.29 is 8.94 Å². The summed E-state index contributed by atoms with van der Waals surface area (Å²) in [4.78, 5) is 4.93. The lowest BCUT2D eigenvalue weighted by Crippen LogP contribution is -2.27. The van der Waals surface area contributed by atoms with Crippen LogP contribution in [0.25, 0.3) is 11.3 Å². The van der Waals surface area contributed by atoms with Gasteiger partial charge in [-0.25, -0.2) is 9.37 Å². The van der Waals surface area contributed by atoms with Gasteiger partial charge in [0.05, 0.1) is 12.2 Å². The quantitative estimate of drug-likeness (QED) is 0.848. The van der Waals surface area contributed by atoms with Crippen LogP contribution in [0.5, 0.6) is 0 Å². The van der Waals surface area contributed by atoms with Gasteiger partial charge in [0.1, 0.15) is 17.9 Å². The van der Waals surface area contributed by atoms with Crippen molar-refractivity contribution in [3.05, 3.63) is 36.0 Å². The van der Waals surface area contributed by atoms with Crippen molar-refractivity contribution in [2.24, 2.45) is 0 Å². The minimum absolute atomic E-state index is 0.379. The molecule has 0 saturated heterocycles. The Bertz CT molecular complexity index is 588. The Morgan fingerprint density at radius 3 is 3.00 bits per heavy atom. The lowest BCUT2D eigenvalue weighted by atomic mass is 10.1. The zero-order valence-corrected chi connectivity index (χ0v) is 11.3. The summed E-state index contributed by atoms with van der Waals surface area (Å²) in [5.74, 6) is 0.542. The highest BCUT2D eigenvalue weighted by Crippen LogP contribution is 2.25. The number of halogens is 1. The first kappa shape index (κ1) is 12.7. The number of aromatic nitrogens is 2. The van der Waals surface area contributed by atoms with Crippen molar-refractivity contribution in [2.75, 3.05) is 12.8 Å². The van der Waals surface area contributed by atoms with Gasteiger partial charge < -0.3 is 14.4 Å². The molecule has 0 spiro atoms. The molecule has 0 bridgehead atoms. The number of imidazole rings is 1. The largest absolute Gasteiger partial charge is 0.612 e. The predicted octanol–water partition coefficient (Wildman–Crippen LogP) is 1.53. The smallest absolute Gasteiger partial charge is 0.155 e. The van der Waals surface area contributed by atoms with E-state index in [1.807, 2.05) is 10.8 Å². The molecule has 1 atom stereocenters. The van der Waals surface area contributed by atoms with Gasteiger partial charge in [0.2, 0.25) is 0 Å². The first-order valence-electron chi connectivity index (χ1n) is 6.05. The maximum atomic E-state index is 14.1. The molecule has 3 rings (SSSR count). The fourth-order valence-corrected chi connectivity index (χ4v) is 2.73. The molecule has 1 aliphatic rings. The van der Waals surface area contributed by atoms with Gasteiger partial charge in [-0.1, -0.05) is 0 Å². The van der Waals surface area contributed by atoms with E-state index in [2.05, 4.69) is 10.3 Å². The summed E-state index contributed by atoms with van der Waals surface area (Å²) in [5, 5.41) is 3.23. The molecule has 1 N–H and O–H groups in total. The van der Waals surface area contributed by atoms with Crippen LogP contribution in [0.1, 0.15) is 5.82 Å². The maximum Gasteiger partial charge on any atom is 0.155 e. The summed E-state index contributed by atoms with van der Waals surface area (Å²) >= 11 is -1.17. The van der Waals surface area contributed by atoms with Gasteiger partial charge in [-0.15, -0.1) is 0 Å². The van der Waals surface area contributed by atoms with Crippen molar-refractivity contribution >= 4 is 11.2 Å². The SMILES string of the molecule is C[S+]([O-])c1ccc(-c2cn3c(n2)CNCC3)c(F)c1. The molecular weight excluding hydrogens is 265 g/mol. The van der Waals surface area contributed by atoms with Crippen LogP contribution >= 0.6 is 0 Å². The molecular formula is C13H14FN3OS. The van der Waals surface area contributed by atoms with Crippen LogP contribution in [-0.4, -0.2) is 26.9 Å².